The summed E-state index contributed by atoms with van der Waals surface area (Å²) in [5, 5.41) is 2.87. The minimum atomic E-state index is -0.585. The van der Waals surface area contributed by atoms with Crippen LogP contribution < -0.4 is 14.8 Å². The normalized spacial score (nSPS) is 21.8. The highest BCUT2D eigenvalue weighted by Crippen LogP contribution is 2.33. The van der Waals surface area contributed by atoms with Crippen molar-refractivity contribution >= 4 is 5.91 Å². The minimum Gasteiger partial charge on any atom is -0.482 e. The first kappa shape index (κ1) is 12.7. The number of carbonyl (C=O) groups excluding carboxylic acids is 1. The van der Waals surface area contributed by atoms with E-state index in [9.17, 15) is 4.79 Å². The van der Waals surface area contributed by atoms with Gasteiger partial charge in [-0.2, -0.15) is 0 Å². The molecule has 2 rings (SSSR count). The van der Waals surface area contributed by atoms with Gasteiger partial charge in [-0.25, -0.2) is 0 Å². The molecule has 0 saturated carbocycles. The molecule has 4 heteroatoms. The molecule has 1 aromatic carbocycles. The van der Waals surface area contributed by atoms with Gasteiger partial charge in [-0.15, -0.1) is 0 Å². The summed E-state index contributed by atoms with van der Waals surface area (Å²) in [7, 11) is 0. The number of amides is 1. The quantitative estimate of drug-likeness (QED) is 0.891. The van der Waals surface area contributed by atoms with Crippen molar-refractivity contribution in [3.8, 4) is 11.5 Å². The number of hydrogen-bond donors (Lipinski definition) is 1. The Morgan fingerprint density at radius 1 is 1.28 bits per heavy atom. The summed E-state index contributed by atoms with van der Waals surface area (Å²) in [6, 6.07) is 7.40. The molecule has 18 heavy (non-hydrogen) atoms. The highest BCUT2D eigenvalue weighted by atomic mass is 16.6. The molecule has 2 atom stereocenters. The first-order valence-electron chi connectivity index (χ1n) is 6.28. The highest BCUT2D eigenvalue weighted by molar-refractivity contribution is 5.82. The molecule has 0 spiro atoms. The predicted molar refractivity (Wildman–Crippen MR) is 68.8 cm³/mol. The zero-order valence-electron chi connectivity index (χ0n) is 11.0. The molecule has 0 aliphatic carbocycles. The summed E-state index contributed by atoms with van der Waals surface area (Å²) in [6.07, 6.45) is -0.870. The summed E-state index contributed by atoms with van der Waals surface area (Å²) >= 11 is 0. The highest BCUT2D eigenvalue weighted by Gasteiger charge is 2.33. The summed E-state index contributed by atoms with van der Waals surface area (Å²) in [5.74, 6) is 1.62. The lowest BCUT2D eigenvalue weighted by Gasteiger charge is -2.31. The van der Waals surface area contributed by atoms with Crippen LogP contribution in [0, 0.1) is 5.92 Å². The Balaban J connectivity index is 2.05. The monoisotopic (exact) mass is 249 g/mol. The van der Waals surface area contributed by atoms with Gasteiger partial charge in [0, 0.05) is 6.54 Å². The van der Waals surface area contributed by atoms with E-state index in [0.29, 0.717) is 24.0 Å². The van der Waals surface area contributed by atoms with E-state index in [1.54, 1.807) is 0 Å². The Hall–Kier alpha value is -1.71. The Bertz CT molecular complexity index is 431. The number of ether oxygens (including phenoxy) is 2. The molecule has 1 heterocycles. The number of hydrogen-bond acceptors (Lipinski definition) is 3. The molecule has 0 aromatic heterocycles. The molecular formula is C14H19NO3. The third kappa shape index (κ3) is 2.75. The fourth-order valence-corrected chi connectivity index (χ4v) is 1.81. The van der Waals surface area contributed by atoms with Crippen LogP contribution in [-0.4, -0.2) is 24.7 Å². The first-order valence-corrected chi connectivity index (χ1v) is 6.28. The van der Waals surface area contributed by atoms with Gasteiger partial charge in [-0.1, -0.05) is 26.0 Å². The Morgan fingerprint density at radius 2 is 1.89 bits per heavy atom. The van der Waals surface area contributed by atoms with Gasteiger partial charge >= 0.3 is 0 Å². The Kier molecular flexibility index (Phi) is 3.75. The standard InChI is InChI=1S/C14H19NO3/c1-9(2)8-15-14(16)13-10(3)17-11-6-4-5-7-12(11)18-13/h4-7,9-10,13H,8H2,1-3H3,(H,15,16)/t10-,13+/m1/s1. The summed E-state index contributed by atoms with van der Waals surface area (Å²) in [5.41, 5.74) is 0. The van der Waals surface area contributed by atoms with Crippen molar-refractivity contribution in [2.24, 2.45) is 5.92 Å². The van der Waals surface area contributed by atoms with E-state index in [2.05, 4.69) is 19.2 Å². The second-order valence-electron chi connectivity index (χ2n) is 4.95. The van der Waals surface area contributed by atoms with E-state index in [1.807, 2.05) is 31.2 Å². The third-order valence-corrected chi connectivity index (χ3v) is 2.79. The number of para-hydroxylation sites is 2. The van der Waals surface area contributed by atoms with Crippen LogP contribution in [-0.2, 0) is 4.79 Å². The maximum absolute atomic E-state index is 12.0. The van der Waals surface area contributed by atoms with Crippen molar-refractivity contribution in [2.45, 2.75) is 33.0 Å². The number of benzene rings is 1. The Morgan fingerprint density at radius 3 is 2.50 bits per heavy atom. The average molecular weight is 249 g/mol. The second kappa shape index (κ2) is 5.29. The van der Waals surface area contributed by atoms with Gasteiger partial charge in [0.25, 0.3) is 5.91 Å². The molecule has 0 unspecified atom stereocenters. The molecular weight excluding hydrogens is 230 g/mol. The Labute approximate surface area is 107 Å². The van der Waals surface area contributed by atoms with Gasteiger partial charge in [0.1, 0.15) is 6.10 Å². The van der Waals surface area contributed by atoms with E-state index < -0.39 is 6.10 Å². The molecule has 0 saturated heterocycles. The lowest BCUT2D eigenvalue weighted by atomic mass is 10.1. The SMILES string of the molecule is CC(C)CNC(=O)[C@H]1Oc2ccccc2O[C@@H]1C. The van der Waals surface area contributed by atoms with Gasteiger partial charge in [0.15, 0.2) is 11.5 Å². The van der Waals surface area contributed by atoms with Gasteiger partial charge in [0.2, 0.25) is 6.10 Å². The molecule has 1 amide bonds. The largest absolute Gasteiger partial charge is 0.482 e. The molecule has 0 fully saturated rings. The molecule has 4 nitrogen and oxygen atoms in total. The topological polar surface area (TPSA) is 47.6 Å². The van der Waals surface area contributed by atoms with Crippen LogP contribution >= 0.6 is 0 Å². The number of fused-ring (bicyclic) bond motifs is 1. The maximum Gasteiger partial charge on any atom is 0.265 e. The van der Waals surface area contributed by atoms with Crippen molar-refractivity contribution in [3.05, 3.63) is 24.3 Å². The fraction of sp³-hybridized carbons (Fsp3) is 0.500. The van der Waals surface area contributed by atoms with E-state index in [-0.39, 0.29) is 12.0 Å². The zero-order chi connectivity index (χ0) is 13.1. The van der Waals surface area contributed by atoms with Crippen LogP contribution in [0.25, 0.3) is 0 Å². The number of rotatable bonds is 3. The van der Waals surface area contributed by atoms with E-state index in [0.717, 1.165) is 0 Å². The molecule has 1 aliphatic rings. The lowest BCUT2D eigenvalue weighted by Crippen LogP contribution is -2.49. The van der Waals surface area contributed by atoms with Crippen LogP contribution in [0.4, 0.5) is 0 Å². The molecule has 1 N–H and O–H groups in total. The van der Waals surface area contributed by atoms with Gasteiger partial charge < -0.3 is 14.8 Å². The zero-order valence-corrected chi connectivity index (χ0v) is 11.0. The third-order valence-electron chi connectivity index (χ3n) is 2.79. The van der Waals surface area contributed by atoms with Crippen molar-refractivity contribution < 1.29 is 14.3 Å². The minimum absolute atomic E-state index is 0.120. The van der Waals surface area contributed by atoms with Crippen LogP contribution in [0.3, 0.4) is 0 Å². The van der Waals surface area contributed by atoms with Crippen molar-refractivity contribution in [3.63, 3.8) is 0 Å². The predicted octanol–water partition coefficient (Wildman–Crippen LogP) is 1.99. The molecule has 1 aromatic rings. The number of nitrogens with one attached hydrogen (secondary N) is 1. The van der Waals surface area contributed by atoms with E-state index >= 15 is 0 Å². The van der Waals surface area contributed by atoms with Gasteiger partial charge in [-0.3, -0.25) is 4.79 Å². The maximum atomic E-state index is 12.0. The summed E-state index contributed by atoms with van der Waals surface area (Å²) in [4.78, 5) is 12.0. The average Bonchev–Trinajstić information content (AvgIpc) is 2.35. The van der Waals surface area contributed by atoms with E-state index in [1.165, 1.54) is 0 Å². The van der Waals surface area contributed by atoms with Gasteiger partial charge in [-0.05, 0) is 25.0 Å². The van der Waals surface area contributed by atoms with Crippen molar-refractivity contribution in [1.82, 2.24) is 5.32 Å². The smallest absolute Gasteiger partial charge is 0.265 e. The van der Waals surface area contributed by atoms with Crippen molar-refractivity contribution in [1.29, 1.82) is 0 Å². The summed E-state index contributed by atoms with van der Waals surface area (Å²) in [6.45, 7) is 6.59. The van der Waals surface area contributed by atoms with Crippen LogP contribution in [0.5, 0.6) is 11.5 Å². The number of carbonyl (C=O) groups is 1. The molecule has 0 bridgehead atoms. The second-order valence-corrected chi connectivity index (χ2v) is 4.95. The van der Waals surface area contributed by atoms with Gasteiger partial charge in [0.05, 0.1) is 0 Å². The van der Waals surface area contributed by atoms with E-state index in [4.69, 9.17) is 9.47 Å². The summed E-state index contributed by atoms with van der Waals surface area (Å²) < 4.78 is 11.4. The molecule has 1 aliphatic heterocycles. The molecule has 0 radical (unpaired) electrons. The van der Waals surface area contributed by atoms with Crippen LogP contribution in [0.2, 0.25) is 0 Å². The lowest BCUT2D eigenvalue weighted by molar-refractivity contribution is -0.133. The first-order chi connectivity index (χ1) is 8.58. The fourth-order valence-electron chi connectivity index (χ4n) is 1.81. The molecule has 98 valence electrons. The van der Waals surface area contributed by atoms with Crippen molar-refractivity contribution in [2.75, 3.05) is 6.54 Å². The van der Waals surface area contributed by atoms with Crippen LogP contribution in [0.1, 0.15) is 20.8 Å². The van der Waals surface area contributed by atoms with Crippen LogP contribution in [0.15, 0.2) is 24.3 Å².